The molecule has 0 spiro atoms. The highest BCUT2D eigenvalue weighted by Crippen LogP contribution is 2.44. The van der Waals surface area contributed by atoms with E-state index in [-0.39, 0.29) is 0 Å². The van der Waals surface area contributed by atoms with Gasteiger partial charge in [0.15, 0.2) is 0 Å². The summed E-state index contributed by atoms with van der Waals surface area (Å²) in [6.45, 7) is 10.8. The zero-order chi connectivity index (χ0) is 22.3. The van der Waals surface area contributed by atoms with Gasteiger partial charge >= 0.3 is 43.7 Å². The molecule has 0 saturated heterocycles. The van der Waals surface area contributed by atoms with Gasteiger partial charge in [-0.15, -0.1) is 0 Å². The molecular formula is C10H24Cl3F5O4Si5. The van der Waals surface area contributed by atoms with Crippen LogP contribution in [0.5, 0.6) is 0 Å². The molecule has 0 amide bonds. The van der Waals surface area contributed by atoms with Gasteiger partial charge in [0.2, 0.25) is 0 Å². The van der Waals surface area contributed by atoms with Crippen molar-refractivity contribution < 1.29 is 38.4 Å². The van der Waals surface area contributed by atoms with Gasteiger partial charge < -0.3 is 16.5 Å². The molecule has 0 fully saturated rings. The Morgan fingerprint density at radius 3 is 1.15 bits per heavy atom. The van der Waals surface area contributed by atoms with Gasteiger partial charge in [-0.25, -0.2) is 0 Å². The maximum Gasteiger partial charge on any atom is 0.485 e. The topological polar surface area (TPSA) is 36.9 Å². The van der Waals surface area contributed by atoms with E-state index in [4.69, 9.17) is 49.7 Å². The van der Waals surface area contributed by atoms with Gasteiger partial charge in [0.1, 0.15) is 0 Å². The third kappa shape index (κ3) is 9.41. The van der Waals surface area contributed by atoms with Crippen LogP contribution in [0.15, 0.2) is 0 Å². The Labute approximate surface area is 175 Å². The van der Waals surface area contributed by atoms with Crippen LogP contribution in [0.2, 0.25) is 52.4 Å². The molecule has 0 atom stereocenters. The quantitative estimate of drug-likeness (QED) is 0.193. The van der Waals surface area contributed by atoms with Crippen LogP contribution in [-0.2, 0) is 16.5 Å². The van der Waals surface area contributed by atoms with Crippen molar-refractivity contribution in [1.29, 1.82) is 0 Å². The average Bonchev–Trinajstić information content (AvgIpc) is 2.16. The highest BCUT2D eigenvalue weighted by molar-refractivity contribution is 7.62. The lowest BCUT2D eigenvalue weighted by atomic mass is 10.7. The van der Waals surface area contributed by atoms with E-state index in [9.17, 15) is 22.0 Å². The van der Waals surface area contributed by atoms with E-state index < -0.39 is 52.0 Å². The number of halogens is 8. The van der Waals surface area contributed by atoms with E-state index in [0.717, 1.165) is 13.1 Å². The van der Waals surface area contributed by atoms with Gasteiger partial charge in [-0.05, 0) is 52.4 Å². The molecule has 0 bridgehead atoms. The van der Waals surface area contributed by atoms with Gasteiger partial charge in [-0.3, -0.25) is 0 Å². The minimum absolute atomic E-state index is 0.810. The summed E-state index contributed by atoms with van der Waals surface area (Å²) in [5.74, 6) is 0. The molecule has 27 heavy (non-hydrogen) atoms. The normalized spacial score (nSPS) is 16.0. The second-order valence-corrected chi connectivity index (χ2v) is 30.4. The van der Waals surface area contributed by atoms with Gasteiger partial charge in [0, 0.05) is 0 Å². The molecule has 0 N–H and O–H groups in total. The van der Waals surface area contributed by atoms with Crippen LogP contribution < -0.4 is 0 Å². The molecule has 0 unspecified atom stereocenters. The Morgan fingerprint density at radius 2 is 0.852 bits per heavy atom. The number of alkyl halides is 5. The Hall–Kier alpha value is 1.44. The van der Waals surface area contributed by atoms with Crippen molar-refractivity contribution in [3.8, 4) is 0 Å². The summed E-state index contributed by atoms with van der Waals surface area (Å²) >= 11 is 17.2. The fourth-order valence-electron chi connectivity index (χ4n) is 2.54. The molecule has 0 aliphatic rings. The molecule has 0 rings (SSSR count). The van der Waals surface area contributed by atoms with Gasteiger partial charge in [0.05, 0.1) is 0 Å². The predicted molar refractivity (Wildman–Crippen MR) is 109 cm³/mol. The maximum absolute atomic E-state index is 13.8. The first-order valence-electron chi connectivity index (χ1n) is 7.64. The average molecular weight is 550 g/mol. The molecule has 0 aromatic carbocycles. The molecule has 0 saturated carbocycles. The lowest BCUT2D eigenvalue weighted by Crippen LogP contribution is -2.65. The van der Waals surface area contributed by atoms with Gasteiger partial charge in [-0.2, -0.15) is 22.0 Å². The molecule has 0 aliphatic heterocycles. The molecule has 0 aliphatic carbocycles. The molecular weight excluding hydrogens is 526 g/mol. The van der Waals surface area contributed by atoms with E-state index >= 15 is 0 Å². The second kappa shape index (κ2) is 8.53. The van der Waals surface area contributed by atoms with E-state index in [1.165, 1.54) is 13.1 Å². The summed E-state index contributed by atoms with van der Waals surface area (Å²) in [6, 6.07) is 0. The van der Waals surface area contributed by atoms with Crippen molar-refractivity contribution in [2.75, 3.05) is 0 Å². The smallest absolute Gasteiger partial charge is 0.431 e. The third-order valence-corrected chi connectivity index (χ3v) is 21.6. The van der Waals surface area contributed by atoms with E-state index in [2.05, 4.69) is 0 Å². The van der Waals surface area contributed by atoms with Crippen molar-refractivity contribution in [2.45, 2.75) is 64.1 Å². The third-order valence-electron chi connectivity index (χ3n) is 2.96. The summed E-state index contributed by atoms with van der Waals surface area (Å²) in [6.07, 6.45) is -9.15. The minimum atomic E-state index is -5.70. The Kier molecular flexibility index (Phi) is 8.98. The van der Waals surface area contributed by atoms with Crippen molar-refractivity contribution in [1.82, 2.24) is 0 Å². The fraction of sp³-hybridized carbons (Fsp3) is 1.00. The first-order valence-corrected chi connectivity index (χ1v) is 23.9. The Bertz CT molecular complexity index is 528. The van der Waals surface area contributed by atoms with Crippen LogP contribution >= 0.6 is 33.2 Å². The molecule has 0 heterocycles. The van der Waals surface area contributed by atoms with Crippen LogP contribution in [0.1, 0.15) is 0 Å². The van der Waals surface area contributed by atoms with Crippen LogP contribution in [0.3, 0.4) is 0 Å². The SMILES string of the molecule is C[Si](C)(O[Si](Cl)(Cl)Cl)O[Si](C)(C)O[Si](C)(C)O[Si](C)(C)C(F)(F)C(F)(F)F. The summed E-state index contributed by atoms with van der Waals surface area (Å²) < 4.78 is 88.3. The summed E-state index contributed by atoms with van der Waals surface area (Å²) in [7, 11) is -14.0. The van der Waals surface area contributed by atoms with Gasteiger partial charge in [-0.1, -0.05) is 33.2 Å². The highest BCUT2D eigenvalue weighted by atomic mass is 35.8. The number of hydrogen-bond acceptors (Lipinski definition) is 4. The van der Waals surface area contributed by atoms with Crippen molar-refractivity contribution in [3.63, 3.8) is 0 Å². The highest BCUT2D eigenvalue weighted by Gasteiger charge is 2.70. The zero-order valence-corrected chi connectivity index (χ0v) is 23.4. The summed E-state index contributed by atoms with van der Waals surface area (Å²) in [5.41, 5.74) is -4.93. The summed E-state index contributed by atoms with van der Waals surface area (Å²) in [4.78, 5) is 0. The van der Waals surface area contributed by atoms with E-state index in [1.54, 1.807) is 26.2 Å². The largest absolute Gasteiger partial charge is 0.485 e. The first-order chi connectivity index (χ1) is 11.3. The lowest BCUT2D eigenvalue weighted by Gasteiger charge is -2.42. The Morgan fingerprint density at radius 1 is 0.556 bits per heavy atom. The predicted octanol–water partition coefficient (Wildman–Crippen LogP) is 6.25. The Balaban J connectivity index is 5.34. The molecule has 0 aromatic rings. The number of hydrogen-bond donors (Lipinski definition) is 0. The maximum atomic E-state index is 13.8. The lowest BCUT2D eigenvalue weighted by molar-refractivity contribution is -0.251. The monoisotopic (exact) mass is 548 g/mol. The molecule has 164 valence electrons. The van der Waals surface area contributed by atoms with Crippen LogP contribution in [0.25, 0.3) is 0 Å². The fourth-order valence-corrected chi connectivity index (χ4v) is 27.0. The summed E-state index contributed by atoms with van der Waals surface area (Å²) in [5, 5.41) is 0. The second-order valence-electron chi connectivity index (χ2n) is 7.64. The minimum Gasteiger partial charge on any atom is -0.431 e. The first kappa shape index (κ1) is 28.4. The van der Waals surface area contributed by atoms with Crippen LogP contribution in [0, 0.1) is 0 Å². The van der Waals surface area contributed by atoms with Crippen molar-refractivity contribution in [2.24, 2.45) is 0 Å². The molecule has 4 nitrogen and oxygen atoms in total. The van der Waals surface area contributed by atoms with Gasteiger partial charge in [0.25, 0.3) is 8.32 Å². The number of rotatable bonds is 9. The molecule has 0 aromatic heterocycles. The standard InChI is InChI=1S/C10H24Cl3F5O4Si5/c1-23(2,10(17,18)9(14,15)16)19-24(3,4)20-25(5,6)21-26(7,8)22-27(11,12)13/h1-8H3. The molecule has 0 radical (unpaired) electrons. The van der Waals surface area contributed by atoms with Crippen molar-refractivity contribution >= 4 is 73.5 Å². The molecule has 17 heteroatoms. The van der Waals surface area contributed by atoms with Crippen LogP contribution in [0.4, 0.5) is 22.0 Å². The zero-order valence-electron chi connectivity index (χ0n) is 16.2. The van der Waals surface area contributed by atoms with Crippen molar-refractivity contribution in [3.05, 3.63) is 0 Å². The van der Waals surface area contributed by atoms with E-state index in [0.29, 0.717) is 0 Å². The van der Waals surface area contributed by atoms with E-state index in [1.807, 2.05) is 0 Å². The van der Waals surface area contributed by atoms with Crippen LogP contribution in [-0.4, -0.2) is 52.0 Å².